The molecule has 1 aliphatic carbocycles. The fourth-order valence-corrected chi connectivity index (χ4v) is 5.68. The van der Waals surface area contributed by atoms with Gasteiger partial charge in [0.2, 0.25) is 11.7 Å². The minimum Gasteiger partial charge on any atom is -0.352 e. The van der Waals surface area contributed by atoms with Crippen molar-refractivity contribution in [2.45, 2.75) is 43.1 Å². The van der Waals surface area contributed by atoms with E-state index in [4.69, 9.17) is 0 Å². The monoisotopic (exact) mass is 495 g/mol. The maximum Gasteiger partial charge on any atom is 0.267 e. The summed E-state index contributed by atoms with van der Waals surface area (Å²) in [4.78, 5) is 27.1. The maximum atomic E-state index is 13.7. The molecule has 6 rings (SSSR count). The zero-order chi connectivity index (χ0) is 24.8. The highest BCUT2D eigenvalue weighted by Gasteiger charge is 2.31. The fraction of sp³-hybridized carbons (Fsp3) is 0.214. The lowest BCUT2D eigenvalue weighted by molar-refractivity contribution is -0.120. The Morgan fingerprint density at radius 1 is 0.944 bits per heavy atom. The van der Waals surface area contributed by atoms with E-state index in [1.165, 1.54) is 11.8 Å². The van der Waals surface area contributed by atoms with Gasteiger partial charge in [-0.15, -0.1) is 10.2 Å². The molecule has 1 atom stereocenters. The molecular weight excluding hydrogens is 470 g/mol. The lowest BCUT2D eigenvalue weighted by Gasteiger charge is -2.17. The normalized spacial score (nSPS) is 14.3. The molecule has 7 nitrogen and oxygen atoms in total. The number of benzene rings is 3. The van der Waals surface area contributed by atoms with Crippen LogP contribution in [0.1, 0.15) is 34.8 Å². The molecule has 0 spiro atoms. The molecule has 2 heterocycles. The summed E-state index contributed by atoms with van der Waals surface area (Å²) in [7, 11) is 0. The molecule has 1 N–H and O–H groups in total. The second kappa shape index (κ2) is 8.95. The molecule has 1 unspecified atom stereocenters. The molecule has 0 radical (unpaired) electrons. The molecule has 5 aromatic rings. The first-order chi connectivity index (χ1) is 17.5. The van der Waals surface area contributed by atoms with Gasteiger partial charge < -0.3 is 5.32 Å². The van der Waals surface area contributed by atoms with Crippen molar-refractivity contribution < 1.29 is 4.79 Å². The largest absolute Gasteiger partial charge is 0.352 e. The van der Waals surface area contributed by atoms with Crippen molar-refractivity contribution in [1.82, 2.24) is 24.5 Å². The van der Waals surface area contributed by atoms with Crippen LogP contribution in [-0.2, 0) is 4.79 Å². The summed E-state index contributed by atoms with van der Waals surface area (Å²) >= 11 is 1.35. The van der Waals surface area contributed by atoms with Crippen LogP contribution in [0.5, 0.6) is 0 Å². The predicted octanol–water partition coefficient (Wildman–Crippen LogP) is 4.76. The van der Waals surface area contributed by atoms with Crippen molar-refractivity contribution >= 4 is 34.3 Å². The van der Waals surface area contributed by atoms with Crippen LogP contribution in [-0.4, -0.2) is 31.1 Å². The van der Waals surface area contributed by atoms with Gasteiger partial charge in [0.15, 0.2) is 5.16 Å². The van der Waals surface area contributed by atoms with Crippen molar-refractivity contribution in [3.8, 4) is 5.69 Å². The average Bonchev–Trinajstić information content (AvgIpc) is 3.61. The van der Waals surface area contributed by atoms with E-state index in [0.717, 1.165) is 35.2 Å². The Labute approximate surface area is 212 Å². The van der Waals surface area contributed by atoms with Crippen LogP contribution in [0.3, 0.4) is 0 Å². The Kier molecular flexibility index (Phi) is 5.60. The molecule has 2 aromatic heterocycles. The number of carbonyl (C=O) groups excluding carboxylic acids is 1. The standard InChI is InChI=1S/C28H25N5O2S/c1-17-9-8-10-18(2)23(17)33-26(35)21-13-6-7-14-22(21)32-27(33)30-31-28(32)36-24(19-11-4-3-5-12-19)25(34)29-20-15-16-20/h3-14,20,24H,15-16H2,1-2H3,(H,29,34). The summed E-state index contributed by atoms with van der Waals surface area (Å²) in [5.74, 6) is 0.380. The summed E-state index contributed by atoms with van der Waals surface area (Å²) in [6.45, 7) is 3.97. The van der Waals surface area contributed by atoms with Crippen molar-refractivity contribution in [3.05, 3.63) is 99.8 Å². The van der Waals surface area contributed by atoms with Gasteiger partial charge in [0.1, 0.15) is 5.25 Å². The van der Waals surface area contributed by atoms with Crippen LogP contribution in [0, 0.1) is 13.8 Å². The quantitative estimate of drug-likeness (QED) is 0.344. The number of hydrogen-bond donors (Lipinski definition) is 1. The number of rotatable bonds is 6. The van der Waals surface area contributed by atoms with E-state index >= 15 is 0 Å². The third kappa shape index (κ3) is 3.87. The molecule has 1 saturated carbocycles. The molecular formula is C28H25N5O2S. The van der Waals surface area contributed by atoms with Crippen molar-refractivity contribution in [2.24, 2.45) is 0 Å². The summed E-state index contributed by atoms with van der Waals surface area (Å²) in [6, 6.07) is 23.4. The van der Waals surface area contributed by atoms with E-state index in [-0.39, 0.29) is 17.5 Å². The smallest absolute Gasteiger partial charge is 0.267 e. The first-order valence-electron chi connectivity index (χ1n) is 12.0. The number of carbonyl (C=O) groups is 1. The lowest BCUT2D eigenvalue weighted by atomic mass is 10.1. The lowest BCUT2D eigenvalue weighted by Crippen LogP contribution is -2.30. The Morgan fingerprint density at radius 3 is 2.36 bits per heavy atom. The molecule has 0 saturated heterocycles. The summed E-state index contributed by atoms with van der Waals surface area (Å²) in [5, 5.41) is 12.8. The number of fused-ring (bicyclic) bond motifs is 3. The third-order valence-corrected chi connectivity index (χ3v) is 7.74. The minimum absolute atomic E-state index is 0.0437. The van der Waals surface area contributed by atoms with Crippen LogP contribution in [0.15, 0.2) is 82.7 Å². The Hall–Kier alpha value is -3.91. The number of nitrogens with one attached hydrogen (secondary N) is 1. The molecule has 1 fully saturated rings. The minimum atomic E-state index is -0.501. The van der Waals surface area contributed by atoms with Crippen LogP contribution in [0.2, 0.25) is 0 Å². The molecule has 180 valence electrons. The molecule has 8 heteroatoms. The van der Waals surface area contributed by atoms with E-state index in [1.807, 2.05) is 91.0 Å². The zero-order valence-corrected chi connectivity index (χ0v) is 20.8. The second-order valence-electron chi connectivity index (χ2n) is 9.21. The highest BCUT2D eigenvalue weighted by atomic mass is 32.2. The fourth-order valence-electron chi connectivity index (χ4n) is 4.63. The molecule has 0 aliphatic heterocycles. The predicted molar refractivity (Wildman–Crippen MR) is 142 cm³/mol. The van der Waals surface area contributed by atoms with E-state index in [0.29, 0.717) is 21.8 Å². The number of amides is 1. The number of aromatic nitrogens is 4. The highest BCUT2D eigenvalue weighted by Crippen LogP contribution is 2.37. The first-order valence-corrected chi connectivity index (χ1v) is 12.9. The van der Waals surface area contributed by atoms with Gasteiger partial charge in [-0.05, 0) is 55.5 Å². The summed E-state index contributed by atoms with van der Waals surface area (Å²) in [6.07, 6.45) is 2.02. The molecule has 3 aromatic carbocycles. The van der Waals surface area contributed by atoms with Gasteiger partial charge in [-0.1, -0.05) is 72.4 Å². The van der Waals surface area contributed by atoms with Gasteiger partial charge in [0.25, 0.3) is 5.56 Å². The van der Waals surface area contributed by atoms with E-state index < -0.39 is 5.25 Å². The molecule has 0 bridgehead atoms. The van der Waals surface area contributed by atoms with E-state index in [9.17, 15) is 9.59 Å². The number of nitrogens with zero attached hydrogens (tertiary/aromatic N) is 4. The second-order valence-corrected chi connectivity index (χ2v) is 10.3. The Bertz CT molecular complexity index is 1650. The number of thioether (sulfide) groups is 1. The van der Waals surface area contributed by atoms with E-state index in [2.05, 4.69) is 15.5 Å². The van der Waals surface area contributed by atoms with Gasteiger partial charge in [-0.3, -0.25) is 14.0 Å². The van der Waals surface area contributed by atoms with Crippen LogP contribution >= 0.6 is 11.8 Å². The number of para-hydroxylation sites is 2. The SMILES string of the molecule is Cc1cccc(C)c1-n1c(=O)c2ccccc2n2c(SC(C(=O)NC3CC3)c3ccccc3)nnc12. The summed E-state index contributed by atoms with van der Waals surface area (Å²) < 4.78 is 3.54. The third-order valence-electron chi connectivity index (χ3n) is 6.55. The van der Waals surface area contributed by atoms with Crippen molar-refractivity contribution in [3.63, 3.8) is 0 Å². The van der Waals surface area contributed by atoms with Gasteiger partial charge in [-0.25, -0.2) is 4.57 Å². The van der Waals surface area contributed by atoms with Gasteiger partial charge >= 0.3 is 0 Å². The van der Waals surface area contributed by atoms with Gasteiger partial charge in [0.05, 0.1) is 16.6 Å². The van der Waals surface area contributed by atoms with Gasteiger partial charge in [0, 0.05) is 6.04 Å². The highest BCUT2D eigenvalue weighted by molar-refractivity contribution is 8.00. The molecule has 1 amide bonds. The van der Waals surface area contributed by atoms with Crippen molar-refractivity contribution in [1.29, 1.82) is 0 Å². The summed E-state index contributed by atoms with van der Waals surface area (Å²) in [5.41, 5.74) is 4.19. The van der Waals surface area contributed by atoms with Crippen LogP contribution < -0.4 is 10.9 Å². The van der Waals surface area contributed by atoms with Crippen LogP contribution in [0.25, 0.3) is 22.4 Å². The Balaban J connectivity index is 1.57. The maximum absolute atomic E-state index is 13.7. The van der Waals surface area contributed by atoms with Crippen LogP contribution in [0.4, 0.5) is 0 Å². The van der Waals surface area contributed by atoms with Crippen molar-refractivity contribution in [2.75, 3.05) is 0 Å². The number of hydrogen-bond acceptors (Lipinski definition) is 5. The topological polar surface area (TPSA) is 81.3 Å². The molecule has 36 heavy (non-hydrogen) atoms. The number of aryl methyl sites for hydroxylation is 2. The van der Waals surface area contributed by atoms with Gasteiger partial charge in [-0.2, -0.15) is 0 Å². The first kappa shape index (κ1) is 22.5. The Morgan fingerprint density at radius 2 is 1.64 bits per heavy atom. The average molecular weight is 496 g/mol. The molecule has 1 aliphatic rings. The zero-order valence-electron chi connectivity index (χ0n) is 20.0. The van der Waals surface area contributed by atoms with E-state index in [1.54, 1.807) is 4.57 Å².